The van der Waals surface area contributed by atoms with Crippen LogP contribution in [0, 0.1) is 11.3 Å². The first-order valence-corrected chi connectivity index (χ1v) is 7.40. The third-order valence-electron chi connectivity index (χ3n) is 3.02. The second kappa shape index (κ2) is 7.15. The van der Waals surface area contributed by atoms with E-state index in [-0.39, 0.29) is 11.8 Å². The van der Waals surface area contributed by atoms with E-state index in [2.05, 4.69) is 4.98 Å². The Morgan fingerprint density at radius 1 is 1.32 bits per heavy atom. The highest BCUT2D eigenvalue weighted by Crippen LogP contribution is 2.21. The van der Waals surface area contributed by atoms with Gasteiger partial charge >= 0.3 is 0 Å². The molecule has 0 unspecified atom stereocenters. The maximum atomic E-state index is 9.00. The van der Waals surface area contributed by atoms with Crippen LogP contribution in [0.2, 0.25) is 5.02 Å². The van der Waals surface area contributed by atoms with Gasteiger partial charge in [-0.1, -0.05) is 23.7 Å². The van der Waals surface area contributed by atoms with Crippen molar-refractivity contribution in [3.8, 4) is 11.8 Å². The third-order valence-corrected chi connectivity index (χ3v) is 3.32. The molecule has 4 nitrogen and oxygen atoms in total. The van der Waals surface area contributed by atoms with Crippen LogP contribution in [0.5, 0.6) is 5.75 Å². The summed E-state index contributed by atoms with van der Waals surface area (Å²) in [5, 5.41) is 9.37. The number of halogens is 1. The number of hydrogen-bond donors (Lipinski definition) is 0. The van der Waals surface area contributed by atoms with Crippen LogP contribution in [0.3, 0.4) is 0 Å². The fourth-order valence-electron chi connectivity index (χ4n) is 2.07. The lowest BCUT2D eigenvalue weighted by molar-refractivity contribution is 0.242. The summed E-state index contributed by atoms with van der Waals surface area (Å²) in [6, 6.07) is 13.4. The predicted molar refractivity (Wildman–Crippen MR) is 88.3 cm³/mol. The van der Waals surface area contributed by atoms with Gasteiger partial charge in [-0.25, -0.2) is 4.98 Å². The largest absolute Gasteiger partial charge is 0.491 e. The summed E-state index contributed by atoms with van der Waals surface area (Å²) >= 11 is 5.91. The van der Waals surface area contributed by atoms with Crippen molar-refractivity contribution < 1.29 is 4.74 Å². The molecule has 0 atom stereocenters. The van der Waals surface area contributed by atoms with Gasteiger partial charge in [0.15, 0.2) is 5.69 Å². The number of pyridine rings is 1. The zero-order valence-corrected chi connectivity index (χ0v) is 13.6. The Morgan fingerprint density at radius 3 is 2.77 bits per heavy atom. The summed E-state index contributed by atoms with van der Waals surface area (Å²) in [4.78, 5) is 6.22. The third kappa shape index (κ3) is 4.12. The molecule has 0 bridgehead atoms. The minimum Gasteiger partial charge on any atom is -0.491 e. The number of nitrogens with zero attached hydrogens (tertiary/aromatic N) is 3. The van der Waals surface area contributed by atoms with Gasteiger partial charge in [0.1, 0.15) is 17.6 Å². The summed E-state index contributed by atoms with van der Waals surface area (Å²) in [5.74, 6) is 1.55. The Morgan fingerprint density at radius 2 is 2.09 bits per heavy atom. The zero-order valence-electron chi connectivity index (χ0n) is 12.9. The summed E-state index contributed by atoms with van der Waals surface area (Å²) in [6.45, 7) is 4.66. The summed E-state index contributed by atoms with van der Waals surface area (Å²) in [7, 11) is 1.92. The molecule has 0 aliphatic carbocycles. The van der Waals surface area contributed by atoms with Crippen LogP contribution in [-0.4, -0.2) is 18.1 Å². The van der Waals surface area contributed by atoms with Crippen LogP contribution in [0.4, 0.5) is 5.82 Å². The van der Waals surface area contributed by atoms with E-state index >= 15 is 0 Å². The van der Waals surface area contributed by atoms with Gasteiger partial charge in [-0.05, 0) is 43.7 Å². The maximum Gasteiger partial charge on any atom is 0.161 e. The van der Waals surface area contributed by atoms with Crippen molar-refractivity contribution in [1.82, 2.24) is 4.98 Å². The van der Waals surface area contributed by atoms with Gasteiger partial charge in [0.2, 0.25) is 0 Å². The Hall–Kier alpha value is -2.25. The summed E-state index contributed by atoms with van der Waals surface area (Å²) in [6.07, 6.45) is 0.143. The number of aromatic nitrogens is 1. The topological polar surface area (TPSA) is 49.1 Å². The van der Waals surface area contributed by atoms with E-state index in [0.29, 0.717) is 17.4 Å². The lowest BCUT2D eigenvalue weighted by atomic mass is 10.2. The molecule has 5 heteroatoms. The molecule has 0 amide bonds. The summed E-state index contributed by atoms with van der Waals surface area (Å²) in [5.41, 5.74) is 1.35. The molecular weight excluding hydrogens is 298 g/mol. The van der Waals surface area contributed by atoms with Gasteiger partial charge in [0.25, 0.3) is 0 Å². The van der Waals surface area contributed by atoms with Crippen LogP contribution < -0.4 is 9.64 Å². The monoisotopic (exact) mass is 315 g/mol. The molecule has 2 rings (SSSR count). The fourth-order valence-corrected chi connectivity index (χ4v) is 2.21. The van der Waals surface area contributed by atoms with Crippen LogP contribution in [0.15, 0.2) is 36.4 Å². The normalized spacial score (nSPS) is 10.4. The highest BCUT2D eigenvalue weighted by atomic mass is 35.5. The standard InChI is InChI=1S/C17H18ClN3O/c1-12(2)22-14-6-4-5-13(9-14)11-21(3)17-8-7-15(18)16(10-19)20-17/h4-9,12H,11H2,1-3H3. The Bertz CT molecular complexity index is 695. The Balaban J connectivity index is 2.15. The highest BCUT2D eigenvalue weighted by Gasteiger charge is 2.08. The molecule has 22 heavy (non-hydrogen) atoms. The van der Waals surface area contributed by atoms with E-state index in [4.69, 9.17) is 21.6 Å². The number of rotatable bonds is 5. The van der Waals surface area contributed by atoms with Crippen LogP contribution in [-0.2, 0) is 6.54 Å². The molecule has 0 saturated heterocycles. The Kier molecular flexibility index (Phi) is 5.24. The SMILES string of the molecule is CC(C)Oc1cccc(CN(C)c2ccc(Cl)c(C#N)n2)c1. The molecule has 0 aliphatic heterocycles. The van der Waals surface area contributed by atoms with Crippen molar-refractivity contribution in [2.75, 3.05) is 11.9 Å². The van der Waals surface area contributed by atoms with Gasteiger partial charge < -0.3 is 9.64 Å². The second-order valence-corrected chi connectivity index (χ2v) is 5.69. The molecule has 1 aromatic carbocycles. The quantitative estimate of drug-likeness (QED) is 0.836. The molecule has 0 spiro atoms. The lowest BCUT2D eigenvalue weighted by Gasteiger charge is -2.19. The first kappa shape index (κ1) is 16.1. The molecule has 2 aromatic rings. The smallest absolute Gasteiger partial charge is 0.161 e. The zero-order chi connectivity index (χ0) is 16.1. The number of benzene rings is 1. The first-order chi connectivity index (χ1) is 10.5. The van der Waals surface area contributed by atoms with E-state index in [9.17, 15) is 0 Å². The second-order valence-electron chi connectivity index (χ2n) is 5.28. The van der Waals surface area contributed by atoms with E-state index < -0.39 is 0 Å². The van der Waals surface area contributed by atoms with Crippen molar-refractivity contribution in [2.45, 2.75) is 26.5 Å². The van der Waals surface area contributed by atoms with Gasteiger partial charge in [0.05, 0.1) is 11.1 Å². The summed E-state index contributed by atoms with van der Waals surface area (Å²) < 4.78 is 5.70. The molecule has 0 aliphatic rings. The van der Waals surface area contributed by atoms with Crippen LogP contribution in [0.25, 0.3) is 0 Å². The minimum absolute atomic E-state index is 0.143. The highest BCUT2D eigenvalue weighted by molar-refractivity contribution is 6.31. The van der Waals surface area contributed by atoms with Crippen LogP contribution in [0.1, 0.15) is 25.1 Å². The van der Waals surface area contributed by atoms with Gasteiger partial charge in [-0.2, -0.15) is 5.26 Å². The van der Waals surface area contributed by atoms with E-state index in [1.54, 1.807) is 12.1 Å². The maximum absolute atomic E-state index is 9.00. The average Bonchev–Trinajstić information content (AvgIpc) is 2.47. The lowest BCUT2D eigenvalue weighted by Crippen LogP contribution is -2.18. The molecular formula is C17H18ClN3O. The van der Waals surface area contributed by atoms with Crippen molar-refractivity contribution >= 4 is 17.4 Å². The molecule has 0 fully saturated rings. The van der Waals surface area contributed by atoms with Crippen LogP contribution >= 0.6 is 11.6 Å². The van der Waals surface area contributed by atoms with E-state index in [0.717, 1.165) is 11.3 Å². The molecule has 1 heterocycles. The number of hydrogen-bond acceptors (Lipinski definition) is 4. The minimum atomic E-state index is 0.143. The molecule has 1 aromatic heterocycles. The Labute approximate surface area is 135 Å². The van der Waals surface area contributed by atoms with E-state index in [1.807, 2.05) is 56.1 Å². The molecule has 114 valence electrons. The van der Waals surface area contributed by atoms with Crippen molar-refractivity contribution in [2.24, 2.45) is 0 Å². The van der Waals surface area contributed by atoms with Crippen molar-refractivity contribution in [1.29, 1.82) is 5.26 Å². The van der Waals surface area contributed by atoms with E-state index in [1.165, 1.54) is 0 Å². The van der Waals surface area contributed by atoms with Gasteiger partial charge in [0, 0.05) is 13.6 Å². The number of ether oxygens (including phenoxy) is 1. The van der Waals surface area contributed by atoms with Gasteiger partial charge in [-0.15, -0.1) is 0 Å². The van der Waals surface area contributed by atoms with Crippen molar-refractivity contribution in [3.63, 3.8) is 0 Å². The number of nitriles is 1. The average molecular weight is 316 g/mol. The van der Waals surface area contributed by atoms with Gasteiger partial charge in [-0.3, -0.25) is 0 Å². The molecule has 0 N–H and O–H groups in total. The molecule has 0 saturated carbocycles. The first-order valence-electron chi connectivity index (χ1n) is 7.03. The predicted octanol–water partition coefficient (Wildman–Crippen LogP) is 4.03. The number of anilines is 1. The fraction of sp³-hybridized carbons (Fsp3) is 0.294. The van der Waals surface area contributed by atoms with Crippen molar-refractivity contribution in [3.05, 3.63) is 52.7 Å². The molecule has 0 radical (unpaired) electrons.